The SMILES string of the molecule is CCCCCCCCCCCCCCCCCCN(CCO)C(=S)NC.C[N+](C)(C)CCOP(=O)(O)O. The Balaban J connectivity index is 0. The highest BCUT2D eigenvalue weighted by Crippen LogP contribution is 2.35. The molecule has 0 aliphatic carbocycles. The molecule has 0 heterocycles. The van der Waals surface area contributed by atoms with Gasteiger partial charge in [-0.1, -0.05) is 103 Å². The molecule has 37 heavy (non-hydrogen) atoms. The summed E-state index contributed by atoms with van der Waals surface area (Å²) in [4.78, 5) is 18.7. The molecule has 224 valence electrons. The smallest absolute Gasteiger partial charge is 0.395 e. The molecule has 8 nitrogen and oxygen atoms in total. The van der Waals surface area contributed by atoms with Crippen LogP contribution in [-0.2, 0) is 9.09 Å². The normalized spacial score (nSPS) is 11.7. The van der Waals surface area contributed by atoms with Gasteiger partial charge in [0.15, 0.2) is 5.11 Å². The zero-order valence-corrected chi connectivity index (χ0v) is 26.5. The Labute approximate surface area is 234 Å². The quantitative estimate of drug-likeness (QED) is 0.0525. The Morgan fingerprint density at radius 3 is 1.54 bits per heavy atom. The molecule has 0 aromatic rings. The van der Waals surface area contributed by atoms with Crippen molar-refractivity contribution in [2.45, 2.75) is 110 Å². The summed E-state index contributed by atoms with van der Waals surface area (Å²) in [5.41, 5.74) is 0. The van der Waals surface area contributed by atoms with Crippen LogP contribution in [0.4, 0.5) is 0 Å². The number of likely N-dealkylation sites (N-methyl/N-ethyl adjacent to an activating group) is 1. The molecule has 0 amide bonds. The van der Waals surface area contributed by atoms with Gasteiger partial charge in [-0.15, -0.1) is 0 Å². The van der Waals surface area contributed by atoms with Crippen molar-refractivity contribution < 1.29 is 28.5 Å². The first-order valence-electron chi connectivity index (χ1n) is 14.5. The summed E-state index contributed by atoms with van der Waals surface area (Å²) in [6.45, 7) is 4.70. The Morgan fingerprint density at radius 2 is 1.22 bits per heavy atom. The van der Waals surface area contributed by atoms with Crippen LogP contribution in [0.15, 0.2) is 0 Å². The van der Waals surface area contributed by atoms with Crippen LogP contribution in [0.25, 0.3) is 0 Å². The van der Waals surface area contributed by atoms with Crippen molar-refractivity contribution >= 4 is 25.2 Å². The van der Waals surface area contributed by atoms with Gasteiger partial charge in [0.2, 0.25) is 0 Å². The number of phosphoric acid groups is 1. The molecule has 0 atom stereocenters. The van der Waals surface area contributed by atoms with Gasteiger partial charge in [-0.25, -0.2) is 4.57 Å². The first-order chi connectivity index (χ1) is 17.5. The van der Waals surface area contributed by atoms with Gasteiger partial charge in [-0.05, 0) is 18.6 Å². The van der Waals surface area contributed by atoms with Gasteiger partial charge in [0.05, 0.1) is 27.7 Å². The van der Waals surface area contributed by atoms with Crippen LogP contribution in [0.5, 0.6) is 0 Å². The van der Waals surface area contributed by atoms with Crippen molar-refractivity contribution in [1.82, 2.24) is 10.2 Å². The van der Waals surface area contributed by atoms with E-state index in [1.54, 1.807) is 0 Å². The van der Waals surface area contributed by atoms with Crippen LogP contribution in [0.1, 0.15) is 110 Å². The molecule has 0 saturated carbocycles. The molecule has 0 fully saturated rings. The van der Waals surface area contributed by atoms with Crippen molar-refractivity contribution in [3.05, 3.63) is 0 Å². The van der Waals surface area contributed by atoms with E-state index in [9.17, 15) is 4.57 Å². The molecule has 0 aliphatic heterocycles. The summed E-state index contributed by atoms with van der Waals surface area (Å²) in [5.74, 6) is 0. The number of unbranched alkanes of at least 4 members (excludes halogenated alkanes) is 15. The molecular formula is C27H61N3O5PS+. The number of aliphatic hydroxyl groups is 1. The Morgan fingerprint density at radius 1 is 0.811 bits per heavy atom. The fourth-order valence-corrected chi connectivity index (χ4v) is 4.38. The highest BCUT2D eigenvalue weighted by atomic mass is 32.1. The predicted molar refractivity (Wildman–Crippen MR) is 161 cm³/mol. The summed E-state index contributed by atoms with van der Waals surface area (Å²) in [7, 11) is 3.34. The summed E-state index contributed by atoms with van der Waals surface area (Å²) >= 11 is 5.26. The first-order valence-corrected chi connectivity index (χ1v) is 16.5. The Bertz CT molecular complexity index is 559. The van der Waals surface area contributed by atoms with Crippen molar-refractivity contribution in [2.75, 3.05) is 61.0 Å². The van der Waals surface area contributed by atoms with Crippen LogP contribution in [-0.4, -0.2) is 90.4 Å². The second-order valence-electron chi connectivity index (χ2n) is 10.9. The summed E-state index contributed by atoms with van der Waals surface area (Å²) in [5, 5.41) is 12.8. The number of quaternary nitrogens is 1. The lowest BCUT2D eigenvalue weighted by Crippen LogP contribution is -2.40. The molecule has 0 bridgehead atoms. The lowest BCUT2D eigenvalue weighted by Gasteiger charge is -2.23. The third-order valence-electron chi connectivity index (χ3n) is 6.17. The fourth-order valence-electron chi connectivity index (χ4n) is 3.88. The number of nitrogens with zero attached hydrogens (tertiary/aromatic N) is 2. The minimum atomic E-state index is -4.26. The highest BCUT2D eigenvalue weighted by Gasteiger charge is 2.16. The molecule has 4 N–H and O–H groups in total. The standard InChI is InChI=1S/C22H46N2OS.C5H14NO4P/c1-3-4-5-6-7-8-9-10-11-12-13-14-15-16-17-18-19-24(20-21-25)22(26)23-2;1-6(2,3)4-5-10-11(7,8)9/h25H,3-21H2,1-2H3,(H,23,26);4-5H2,1-3H3,(H-,7,8,9)/p+1. The second kappa shape index (κ2) is 26.0. The number of nitrogens with one attached hydrogen (secondary N) is 1. The van der Waals surface area contributed by atoms with Crippen molar-refractivity contribution in [3.63, 3.8) is 0 Å². The maximum absolute atomic E-state index is 10.2. The summed E-state index contributed by atoms with van der Waals surface area (Å²) < 4.78 is 15.1. The van der Waals surface area contributed by atoms with E-state index in [0.29, 0.717) is 17.6 Å². The summed E-state index contributed by atoms with van der Waals surface area (Å²) in [6, 6.07) is 0. The molecule has 0 radical (unpaired) electrons. The van der Waals surface area contributed by atoms with Gasteiger partial charge in [0, 0.05) is 20.1 Å². The lowest BCUT2D eigenvalue weighted by atomic mass is 10.0. The number of aliphatic hydroxyl groups excluding tert-OH is 1. The Kier molecular flexibility index (Phi) is 27.3. The van der Waals surface area contributed by atoms with E-state index in [1.165, 1.54) is 103 Å². The minimum absolute atomic E-state index is 0.0772. The molecule has 0 unspecified atom stereocenters. The highest BCUT2D eigenvalue weighted by molar-refractivity contribution is 7.80. The van der Waals surface area contributed by atoms with Crippen LogP contribution in [0, 0.1) is 0 Å². The van der Waals surface area contributed by atoms with Gasteiger partial charge in [0.1, 0.15) is 13.2 Å². The topological polar surface area (TPSA) is 102 Å². The van der Waals surface area contributed by atoms with E-state index in [4.69, 9.17) is 27.1 Å². The zero-order chi connectivity index (χ0) is 28.4. The van der Waals surface area contributed by atoms with Gasteiger partial charge in [0.25, 0.3) is 0 Å². The summed E-state index contributed by atoms with van der Waals surface area (Å²) in [6.07, 6.45) is 22.3. The minimum Gasteiger partial charge on any atom is -0.395 e. The van der Waals surface area contributed by atoms with E-state index < -0.39 is 7.82 Å². The van der Waals surface area contributed by atoms with Crippen molar-refractivity contribution in [2.24, 2.45) is 0 Å². The van der Waals surface area contributed by atoms with Gasteiger partial charge in [-0.2, -0.15) is 0 Å². The van der Waals surface area contributed by atoms with Gasteiger partial charge < -0.3 is 29.6 Å². The molecular weight excluding hydrogens is 509 g/mol. The van der Waals surface area contributed by atoms with E-state index in [2.05, 4.69) is 21.7 Å². The zero-order valence-electron chi connectivity index (χ0n) is 24.8. The number of thiocarbonyl (C=S) groups is 1. The number of rotatable bonds is 23. The van der Waals surface area contributed by atoms with E-state index >= 15 is 0 Å². The first kappa shape index (κ1) is 38.9. The number of hydrogen-bond donors (Lipinski definition) is 4. The van der Waals surface area contributed by atoms with Crippen LogP contribution in [0.3, 0.4) is 0 Å². The monoisotopic (exact) mass is 570 g/mol. The van der Waals surface area contributed by atoms with Crippen molar-refractivity contribution in [1.29, 1.82) is 0 Å². The predicted octanol–water partition coefficient (Wildman–Crippen LogP) is 5.85. The molecule has 0 aromatic carbocycles. The molecule has 0 aromatic heterocycles. The molecule has 0 saturated heterocycles. The van der Waals surface area contributed by atoms with E-state index in [1.807, 2.05) is 28.2 Å². The molecule has 0 spiro atoms. The fraction of sp³-hybridized carbons (Fsp3) is 0.963. The number of phosphoric ester groups is 1. The number of hydrogen-bond acceptors (Lipinski definition) is 4. The Hall–Kier alpha value is -0.280. The lowest BCUT2D eigenvalue weighted by molar-refractivity contribution is -0.870. The van der Waals surface area contributed by atoms with Crippen LogP contribution in [0.2, 0.25) is 0 Å². The van der Waals surface area contributed by atoms with Gasteiger partial charge in [-0.3, -0.25) is 4.52 Å². The largest absolute Gasteiger partial charge is 0.469 e. The molecule has 10 heteroatoms. The molecule has 0 rings (SSSR count). The third kappa shape index (κ3) is 33.7. The maximum Gasteiger partial charge on any atom is 0.469 e. The average Bonchev–Trinajstić information content (AvgIpc) is 2.81. The third-order valence-corrected chi connectivity index (χ3v) is 7.16. The van der Waals surface area contributed by atoms with Crippen LogP contribution < -0.4 is 5.32 Å². The average molecular weight is 571 g/mol. The molecule has 0 aliphatic rings. The van der Waals surface area contributed by atoms with Gasteiger partial charge >= 0.3 is 7.82 Å². The van der Waals surface area contributed by atoms with Crippen molar-refractivity contribution in [3.8, 4) is 0 Å². The maximum atomic E-state index is 10.2. The van der Waals surface area contributed by atoms with Crippen LogP contribution >= 0.6 is 20.0 Å². The second-order valence-corrected chi connectivity index (χ2v) is 12.5. The van der Waals surface area contributed by atoms with E-state index in [-0.39, 0.29) is 13.2 Å². The van der Waals surface area contributed by atoms with E-state index in [0.717, 1.165) is 11.7 Å².